The summed E-state index contributed by atoms with van der Waals surface area (Å²) in [7, 11) is 0. The molecule has 3 N–H and O–H groups in total. The van der Waals surface area contributed by atoms with Crippen LogP contribution in [0.3, 0.4) is 0 Å². The Labute approximate surface area is 209 Å². The van der Waals surface area contributed by atoms with Gasteiger partial charge >= 0.3 is 0 Å². The highest BCUT2D eigenvalue weighted by atomic mass is 16.2. The second-order valence-corrected chi connectivity index (χ2v) is 9.07. The van der Waals surface area contributed by atoms with E-state index in [-0.39, 0.29) is 12.3 Å². The van der Waals surface area contributed by atoms with Gasteiger partial charge in [-0.05, 0) is 63.0 Å². The average Bonchev–Trinajstić information content (AvgIpc) is 3.56. The highest BCUT2D eigenvalue weighted by molar-refractivity contribution is 5.78. The van der Waals surface area contributed by atoms with Crippen molar-refractivity contribution < 1.29 is 4.79 Å². The normalized spacial score (nSPS) is 11.3. The number of rotatable bonds is 17. The minimum absolute atomic E-state index is 0.0238. The van der Waals surface area contributed by atoms with Crippen molar-refractivity contribution in [3.8, 4) is 0 Å². The molecule has 2 aromatic heterocycles. The predicted octanol–water partition coefficient (Wildman–Crippen LogP) is 3.90. The summed E-state index contributed by atoms with van der Waals surface area (Å²) in [5.74, 6) is 0.796. The van der Waals surface area contributed by atoms with Gasteiger partial charge in [0.2, 0.25) is 5.91 Å². The van der Waals surface area contributed by atoms with Crippen molar-refractivity contribution in [3.63, 3.8) is 0 Å². The number of hydrogen-bond donors (Lipinski definition) is 3. The zero-order valence-electron chi connectivity index (χ0n) is 21.3. The van der Waals surface area contributed by atoms with E-state index >= 15 is 0 Å². The molecule has 0 atom stereocenters. The summed E-state index contributed by atoms with van der Waals surface area (Å²) in [5.41, 5.74) is 3.10. The van der Waals surface area contributed by atoms with Crippen LogP contribution in [0.4, 0.5) is 0 Å². The van der Waals surface area contributed by atoms with Gasteiger partial charge in [-0.25, -0.2) is 9.97 Å². The molecule has 0 radical (unpaired) electrons. The molecular formula is C27H41N7O. The van der Waals surface area contributed by atoms with Crippen molar-refractivity contribution in [1.82, 2.24) is 35.1 Å². The van der Waals surface area contributed by atoms with Gasteiger partial charge in [0, 0.05) is 31.7 Å². The molecule has 0 bridgehead atoms. The summed E-state index contributed by atoms with van der Waals surface area (Å²) in [4.78, 5) is 31.9. The molecule has 0 aliphatic carbocycles. The molecule has 0 saturated heterocycles. The van der Waals surface area contributed by atoms with Crippen molar-refractivity contribution in [2.75, 3.05) is 26.2 Å². The molecule has 8 nitrogen and oxygen atoms in total. The first-order valence-electron chi connectivity index (χ1n) is 12.9. The second kappa shape index (κ2) is 15.1. The van der Waals surface area contributed by atoms with Crippen LogP contribution in [-0.2, 0) is 30.8 Å². The number of amides is 1. The highest BCUT2D eigenvalue weighted by Gasteiger charge is 2.17. The lowest BCUT2D eigenvalue weighted by molar-refractivity contribution is -0.131. The van der Waals surface area contributed by atoms with Crippen LogP contribution in [0.25, 0.3) is 0 Å². The van der Waals surface area contributed by atoms with E-state index in [2.05, 4.69) is 68.3 Å². The van der Waals surface area contributed by atoms with E-state index in [9.17, 15) is 4.79 Å². The number of imidazole rings is 2. The summed E-state index contributed by atoms with van der Waals surface area (Å²) >= 11 is 0. The van der Waals surface area contributed by atoms with Crippen LogP contribution < -0.4 is 5.32 Å². The van der Waals surface area contributed by atoms with E-state index < -0.39 is 0 Å². The fourth-order valence-corrected chi connectivity index (χ4v) is 4.22. The van der Waals surface area contributed by atoms with Gasteiger partial charge in [0.15, 0.2) is 0 Å². The Balaban J connectivity index is 1.44. The summed E-state index contributed by atoms with van der Waals surface area (Å²) in [6.07, 6.45) is 12.0. The van der Waals surface area contributed by atoms with E-state index in [1.165, 1.54) is 50.9 Å². The molecule has 1 amide bonds. The third-order valence-corrected chi connectivity index (χ3v) is 6.02. The first kappa shape index (κ1) is 26.6. The SMILES string of the molecule is CCCN(CCC)CCCCNCc1ccc(CN(Cc2ncc[nH]2)C(=O)Cc2c[nH]cn2)cc1. The Bertz CT molecular complexity index is 933. The summed E-state index contributed by atoms with van der Waals surface area (Å²) in [6, 6.07) is 8.52. The maximum Gasteiger partial charge on any atom is 0.229 e. The molecule has 1 aromatic carbocycles. The van der Waals surface area contributed by atoms with Crippen molar-refractivity contribution in [2.45, 2.75) is 65.6 Å². The second-order valence-electron chi connectivity index (χ2n) is 9.07. The Morgan fingerprint density at radius 2 is 1.74 bits per heavy atom. The molecular weight excluding hydrogens is 438 g/mol. The highest BCUT2D eigenvalue weighted by Crippen LogP contribution is 2.12. The average molecular weight is 480 g/mol. The number of aromatic amines is 2. The number of aromatic nitrogens is 4. The van der Waals surface area contributed by atoms with E-state index in [1.54, 1.807) is 24.9 Å². The lowest BCUT2D eigenvalue weighted by Crippen LogP contribution is -2.32. The Hall–Kier alpha value is -2.97. The van der Waals surface area contributed by atoms with Gasteiger partial charge < -0.3 is 25.1 Å². The van der Waals surface area contributed by atoms with E-state index in [0.29, 0.717) is 13.1 Å². The topological polar surface area (TPSA) is 92.9 Å². The van der Waals surface area contributed by atoms with Crippen LogP contribution in [0.2, 0.25) is 0 Å². The third-order valence-electron chi connectivity index (χ3n) is 6.02. The monoisotopic (exact) mass is 479 g/mol. The van der Waals surface area contributed by atoms with Crippen LogP contribution >= 0.6 is 0 Å². The van der Waals surface area contributed by atoms with Crippen LogP contribution in [0.15, 0.2) is 49.2 Å². The number of nitrogens with one attached hydrogen (secondary N) is 3. The molecule has 190 valence electrons. The van der Waals surface area contributed by atoms with E-state index in [4.69, 9.17) is 0 Å². The molecule has 0 aliphatic heterocycles. The lowest BCUT2D eigenvalue weighted by Gasteiger charge is -2.22. The predicted molar refractivity (Wildman–Crippen MR) is 140 cm³/mol. The Morgan fingerprint density at radius 1 is 0.971 bits per heavy atom. The zero-order chi connectivity index (χ0) is 24.7. The molecule has 0 unspecified atom stereocenters. The van der Waals surface area contributed by atoms with Crippen molar-refractivity contribution in [3.05, 3.63) is 71.8 Å². The summed E-state index contributed by atoms with van der Waals surface area (Å²) in [6.45, 7) is 11.0. The zero-order valence-corrected chi connectivity index (χ0v) is 21.3. The largest absolute Gasteiger partial charge is 0.351 e. The minimum Gasteiger partial charge on any atom is -0.351 e. The summed E-state index contributed by atoms with van der Waals surface area (Å²) in [5, 5.41) is 3.57. The molecule has 0 aliphatic rings. The molecule has 3 rings (SSSR count). The minimum atomic E-state index is 0.0238. The van der Waals surface area contributed by atoms with Crippen LogP contribution in [0.5, 0.6) is 0 Å². The molecule has 2 heterocycles. The van der Waals surface area contributed by atoms with Crippen molar-refractivity contribution in [2.24, 2.45) is 0 Å². The van der Waals surface area contributed by atoms with Gasteiger partial charge in [0.1, 0.15) is 5.82 Å². The van der Waals surface area contributed by atoms with Crippen LogP contribution in [0.1, 0.15) is 62.2 Å². The number of hydrogen-bond acceptors (Lipinski definition) is 5. The number of benzene rings is 1. The van der Waals surface area contributed by atoms with Gasteiger partial charge in [-0.1, -0.05) is 38.1 Å². The molecule has 0 spiro atoms. The molecule has 8 heteroatoms. The van der Waals surface area contributed by atoms with Gasteiger partial charge in [-0.15, -0.1) is 0 Å². The first-order valence-corrected chi connectivity index (χ1v) is 12.9. The molecule has 0 saturated carbocycles. The van der Waals surface area contributed by atoms with Gasteiger partial charge in [0.25, 0.3) is 0 Å². The Kier molecular flexibility index (Phi) is 11.5. The van der Waals surface area contributed by atoms with Gasteiger partial charge in [-0.2, -0.15) is 0 Å². The fourth-order valence-electron chi connectivity index (χ4n) is 4.22. The number of carbonyl (C=O) groups excluding carboxylic acids is 1. The van der Waals surface area contributed by atoms with Crippen LogP contribution in [0, 0.1) is 0 Å². The number of nitrogens with zero attached hydrogens (tertiary/aromatic N) is 4. The molecule has 0 fully saturated rings. The lowest BCUT2D eigenvalue weighted by atomic mass is 10.1. The Morgan fingerprint density at radius 3 is 2.40 bits per heavy atom. The quantitative estimate of drug-likeness (QED) is 0.255. The summed E-state index contributed by atoms with van der Waals surface area (Å²) < 4.78 is 0. The third kappa shape index (κ3) is 9.66. The molecule has 35 heavy (non-hydrogen) atoms. The molecule has 3 aromatic rings. The standard InChI is InChI=1S/C27H41N7O/c1-3-14-33(15-4-2)16-6-5-11-28-18-23-7-9-24(10-8-23)20-34(21-26-30-12-13-31-26)27(35)17-25-19-29-22-32-25/h7-10,12-13,19,22,28H,3-6,11,14-18,20-21H2,1-2H3,(H,29,32)(H,30,31). The van der Waals surface area contributed by atoms with Crippen LogP contribution in [-0.4, -0.2) is 61.8 Å². The van der Waals surface area contributed by atoms with Crippen molar-refractivity contribution in [1.29, 1.82) is 0 Å². The van der Waals surface area contributed by atoms with E-state index in [1.807, 2.05) is 4.90 Å². The fraction of sp³-hybridized carbons (Fsp3) is 0.519. The van der Waals surface area contributed by atoms with Gasteiger partial charge in [0.05, 0.1) is 25.0 Å². The number of unbranched alkanes of at least 4 members (excludes halogenated alkanes) is 1. The maximum absolute atomic E-state index is 13.0. The smallest absolute Gasteiger partial charge is 0.229 e. The number of H-pyrrole nitrogens is 2. The van der Waals surface area contributed by atoms with Gasteiger partial charge in [-0.3, -0.25) is 4.79 Å². The van der Waals surface area contributed by atoms with Crippen molar-refractivity contribution >= 4 is 5.91 Å². The first-order chi connectivity index (χ1) is 17.2. The number of carbonyl (C=O) groups is 1. The maximum atomic E-state index is 13.0. The van der Waals surface area contributed by atoms with E-state index in [0.717, 1.165) is 30.2 Å².